The monoisotopic (exact) mass is 393 g/mol. The maximum atomic E-state index is 13.1. The number of carbonyl (C=O) groups excluding carboxylic acids is 1. The molecule has 1 amide bonds. The zero-order valence-electron chi connectivity index (χ0n) is 17.0. The molecule has 0 N–H and O–H groups in total. The molecular weight excluding hydrogens is 365 g/mol. The van der Waals surface area contributed by atoms with Gasteiger partial charge in [0, 0.05) is 57.1 Å². The zero-order valence-corrected chi connectivity index (χ0v) is 17.0. The fraction of sp³-hybridized carbons (Fsp3) is 0.375. The SMILES string of the molecule is Cc1cccc(N2CCN(C(=O)C3=CCN(Cc4ccc(F)cc4)CC3)CC2)c1. The Hall–Kier alpha value is -2.66. The summed E-state index contributed by atoms with van der Waals surface area (Å²) in [6.07, 6.45) is 2.85. The first-order valence-corrected chi connectivity index (χ1v) is 10.4. The predicted octanol–water partition coefficient (Wildman–Crippen LogP) is 3.62. The molecule has 152 valence electrons. The molecule has 2 aromatic carbocycles. The van der Waals surface area contributed by atoms with Gasteiger partial charge in [-0.1, -0.05) is 30.3 Å². The van der Waals surface area contributed by atoms with E-state index in [0.717, 1.165) is 63.4 Å². The molecule has 0 unspecified atom stereocenters. The maximum Gasteiger partial charge on any atom is 0.249 e. The van der Waals surface area contributed by atoms with Crippen molar-refractivity contribution < 1.29 is 9.18 Å². The average Bonchev–Trinajstić information content (AvgIpc) is 2.75. The lowest BCUT2D eigenvalue weighted by molar-refractivity contribution is -0.127. The Morgan fingerprint density at radius 1 is 1.00 bits per heavy atom. The minimum absolute atomic E-state index is 0.190. The highest BCUT2D eigenvalue weighted by Crippen LogP contribution is 2.20. The summed E-state index contributed by atoms with van der Waals surface area (Å²) < 4.78 is 13.1. The van der Waals surface area contributed by atoms with E-state index in [2.05, 4.69) is 47.1 Å². The standard InChI is InChI=1S/C24H28FN3O/c1-19-3-2-4-23(17-19)27-13-15-28(16-14-27)24(29)21-9-11-26(12-10-21)18-20-5-7-22(25)8-6-20/h2-9,17H,10-16,18H2,1H3. The normalized spacial score (nSPS) is 17.9. The molecule has 0 radical (unpaired) electrons. The summed E-state index contributed by atoms with van der Waals surface area (Å²) in [7, 11) is 0. The van der Waals surface area contributed by atoms with E-state index in [4.69, 9.17) is 0 Å². The van der Waals surface area contributed by atoms with Gasteiger partial charge in [0.15, 0.2) is 0 Å². The molecule has 4 rings (SSSR count). The van der Waals surface area contributed by atoms with E-state index in [1.165, 1.54) is 23.4 Å². The summed E-state index contributed by atoms with van der Waals surface area (Å²) in [4.78, 5) is 19.6. The molecule has 0 atom stereocenters. The highest BCUT2D eigenvalue weighted by atomic mass is 19.1. The van der Waals surface area contributed by atoms with Crippen LogP contribution in [0.25, 0.3) is 0 Å². The van der Waals surface area contributed by atoms with Crippen LogP contribution < -0.4 is 4.90 Å². The topological polar surface area (TPSA) is 26.8 Å². The van der Waals surface area contributed by atoms with E-state index < -0.39 is 0 Å². The number of aryl methyl sites for hydroxylation is 1. The van der Waals surface area contributed by atoms with Gasteiger partial charge in [-0.3, -0.25) is 9.69 Å². The smallest absolute Gasteiger partial charge is 0.249 e. The van der Waals surface area contributed by atoms with Crippen molar-refractivity contribution in [3.8, 4) is 0 Å². The average molecular weight is 394 g/mol. The Labute approximate surface area is 172 Å². The largest absolute Gasteiger partial charge is 0.368 e. The van der Waals surface area contributed by atoms with Crippen molar-refractivity contribution in [1.29, 1.82) is 0 Å². The van der Waals surface area contributed by atoms with Crippen LogP contribution in [-0.4, -0.2) is 55.0 Å². The molecule has 29 heavy (non-hydrogen) atoms. The van der Waals surface area contributed by atoms with Crippen molar-refractivity contribution in [3.63, 3.8) is 0 Å². The van der Waals surface area contributed by atoms with Crippen molar-refractivity contribution in [3.05, 3.63) is 77.1 Å². The lowest BCUT2D eigenvalue weighted by Gasteiger charge is -2.37. The number of halogens is 1. The van der Waals surface area contributed by atoms with Crippen molar-refractivity contribution in [2.75, 3.05) is 44.2 Å². The number of rotatable bonds is 4. The molecule has 1 saturated heterocycles. The minimum Gasteiger partial charge on any atom is -0.368 e. The van der Waals surface area contributed by atoms with Crippen molar-refractivity contribution >= 4 is 11.6 Å². The number of piperazine rings is 1. The third kappa shape index (κ3) is 4.85. The van der Waals surface area contributed by atoms with Crippen LogP contribution in [-0.2, 0) is 11.3 Å². The van der Waals surface area contributed by atoms with Crippen LogP contribution in [0.3, 0.4) is 0 Å². The second-order valence-corrected chi connectivity index (χ2v) is 7.96. The van der Waals surface area contributed by atoms with Crippen LogP contribution in [0.4, 0.5) is 10.1 Å². The summed E-state index contributed by atoms with van der Waals surface area (Å²) in [5, 5.41) is 0. The molecule has 1 fully saturated rings. The Balaban J connectivity index is 1.29. The number of amides is 1. The van der Waals surface area contributed by atoms with Gasteiger partial charge < -0.3 is 9.80 Å². The molecule has 2 aliphatic rings. The second-order valence-electron chi connectivity index (χ2n) is 7.96. The Morgan fingerprint density at radius 2 is 1.76 bits per heavy atom. The molecule has 0 spiro atoms. The van der Waals surface area contributed by atoms with Gasteiger partial charge in [0.1, 0.15) is 5.82 Å². The quantitative estimate of drug-likeness (QED) is 0.794. The van der Waals surface area contributed by atoms with Crippen LogP contribution in [0, 0.1) is 12.7 Å². The van der Waals surface area contributed by atoms with Crippen LogP contribution in [0.1, 0.15) is 17.5 Å². The number of hydrogen-bond donors (Lipinski definition) is 0. The molecule has 5 heteroatoms. The first-order valence-electron chi connectivity index (χ1n) is 10.4. The van der Waals surface area contributed by atoms with E-state index in [1.807, 2.05) is 17.0 Å². The number of benzene rings is 2. The van der Waals surface area contributed by atoms with Gasteiger partial charge >= 0.3 is 0 Å². The van der Waals surface area contributed by atoms with E-state index in [0.29, 0.717) is 0 Å². The third-order valence-electron chi connectivity index (χ3n) is 5.82. The third-order valence-corrected chi connectivity index (χ3v) is 5.82. The molecule has 0 bridgehead atoms. The van der Waals surface area contributed by atoms with E-state index in [1.54, 1.807) is 0 Å². The molecule has 0 aromatic heterocycles. The molecule has 2 heterocycles. The molecular formula is C24H28FN3O. The molecule has 4 nitrogen and oxygen atoms in total. The minimum atomic E-state index is -0.206. The molecule has 2 aliphatic heterocycles. The first-order chi connectivity index (χ1) is 14.1. The van der Waals surface area contributed by atoms with Crippen LogP contribution >= 0.6 is 0 Å². The fourth-order valence-electron chi connectivity index (χ4n) is 4.09. The summed E-state index contributed by atoms with van der Waals surface area (Å²) >= 11 is 0. The maximum absolute atomic E-state index is 13.1. The fourth-order valence-corrected chi connectivity index (χ4v) is 4.09. The molecule has 0 aliphatic carbocycles. The summed E-state index contributed by atoms with van der Waals surface area (Å²) in [6.45, 7) is 7.80. The van der Waals surface area contributed by atoms with Gasteiger partial charge in [0.2, 0.25) is 5.91 Å². The van der Waals surface area contributed by atoms with Gasteiger partial charge in [-0.15, -0.1) is 0 Å². The van der Waals surface area contributed by atoms with E-state index >= 15 is 0 Å². The van der Waals surface area contributed by atoms with E-state index in [-0.39, 0.29) is 11.7 Å². The van der Waals surface area contributed by atoms with Gasteiger partial charge in [-0.05, 0) is 48.7 Å². The highest BCUT2D eigenvalue weighted by Gasteiger charge is 2.25. The first kappa shape index (κ1) is 19.6. The predicted molar refractivity (Wildman–Crippen MR) is 114 cm³/mol. The zero-order chi connectivity index (χ0) is 20.2. The number of nitrogens with zero attached hydrogens (tertiary/aromatic N) is 3. The van der Waals surface area contributed by atoms with E-state index in [9.17, 15) is 9.18 Å². The lowest BCUT2D eigenvalue weighted by atomic mass is 10.1. The van der Waals surface area contributed by atoms with Crippen molar-refractivity contribution in [2.45, 2.75) is 19.9 Å². The van der Waals surface area contributed by atoms with Crippen LogP contribution in [0.15, 0.2) is 60.2 Å². The van der Waals surface area contributed by atoms with Gasteiger partial charge in [-0.2, -0.15) is 0 Å². The van der Waals surface area contributed by atoms with Gasteiger partial charge in [-0.25, -0.2) is 4.39 Å². The van der Waals surface area contributed by atoms with Crippen molar-refractivity contribution in [1.82, 2.24) is 9.80 Å². The summed E-state index contributed by atoms with van der Waals surface area (Å²) in [5.74, 6) is -0.0157. The molecule has 2 aromatic rings. The highest BCUT2D eigenvalue weighted by molar-refractivity contribution is 5.93. The van der Waals surface area contributed by atoms with Gasteiger partial charge in [0.25, 0.3) is 0 Å². The van der Waals surface area contributed by atoms with Crippen LogP contribution in [0.5, 0.6) is 0 Å². The number of anilines is 1. The van der Waals surface area contributed by atoms with Gasteiger partial charge in [0.05, 0.1) is 0 Å². The number of carbonyl (C=O) groups is 1. The molecule has 0 saturated carbocycles. The Morgan fingerprint density at radius 3 is 2.41 bits per heavy atom. The lowest BCUT2D eigenvalue weighted by Crippen LogP contribution is -2.49. The number of hydrogen-bond acceptors (Lipinski definition) is 3. The van der Waals surface area contributed by atoms with Crippen molar-refractivity contribution in [2.24, 2.45) is 0 Å². The summed E-state index contributed by atoms with van der Waals surface area (Å²) in [5.41, 5.74) is 4.54. The van der Waals surface area contributed by atoms with Crippen LogP contribution in [0.2, 0.25) is 0 Å². The Kier molecular flexibility index (Phi) is 5.95. The summed E-state index contributed by atoms with van der Waals surface area (Å²) in [6, 6.07) is 15.2. The second kappa shape index (κ2) is 8.78. The Bertz CT molecular complexity index is 885.